The van der Waals surface area contributed by atoms with Crippen molar-refractivity contribution in [2.75, 3.05) is 31.5 Å². The van der Waals surface area contributed by atoms with E-state index in [9.17, 15) is 14.0 Å². The number of hydrogen-bond donors (Lipinski definition) is 1. The molecule has 0 spiro atoms. The maximum atomic E-state index is 13.6. The van der Waals surface area contributed by atoms with Gasteiger partial charge in [0.15, 0.2) is 0 Å². The van der Waals surface area contributed by atoms with E-state index < -0.39 is 5.82 Å². The van der Waals surface area contributed by atoms with E-state index in [2.05, 4.69) is 12.2 Å². The van der Waals surface area contributed by atoms with Gasteiger partial charge in [0, 0.05) is 31.7 Å². The molecule has 5 nitrogen and oxygen atoms in total. The fourth-order valence-corrected chi connectivity index (χ4v) is 2.94. The third kappa shape index (κ3) is 4.02. The van der Waals surface area contributed by atoms with E-state index in [-0.39, 0.29) is 17.6 Å². The zero-order valence-electron chi connectivity index (χ0n) is 14.7. The van der Waals surface area contributed by atoms with E-state index in [1.807, 2.05) is 24.3 Å². The minimum Gasteiger partial charge on any atom is -0.335 e. The van der Waals surface area contributed by atoms with Gasteiger partial charge in [-0.3, -0.25) is 4.79 Å². The zero-order valence-corrected chi connectivity index (χ0v) is 14.7. The summed E-state index contributed by atoms with van der Waals surface area (Å²) in [5.74, 6) is -0.494. The van der Waals surface area contributed by atoms with E-state index in [0.717, 1.165) is 6.42 Å². The van der Waals surface area contributed by atoms with Gasteiger partial charge in [-0.15, -0.1) is 0 Å². The van der Waals surface area contributed by atoms with Gasteiger partial charge in [0.05, 0.1) is 5.69 Å². The molecule has 2 aromatic rings. The molecule has 3 rings (SSSR count). The molecule has 0 atom stereocenters. The highest BCUT2D eigenvalue weighted by molar-refractivity contribution is 5.94. The lowest BCUT2D eigenvalue weighted by Crippen LogP contribution is -2.51. The summed E-state index contributed by atoms with van der Waals surface area (Å²) in [4.78, 5) is 28.2. The molecule has 0 unspecified atom stereocenters. The Kier molecular flexibility index (Phi) is 5.51. The fourth-order valence-electron chi connectivity index (χ4n) is 2.94. The minimum atomic E-state index is -0.467. The summed E-state index contributed by atoms with van der Waals surface area (Å²) < 4.78 is 13.6. The molecule has 1 saturated heterocycles. The van der Waals surface area contributed by atoms with E-state index in [1.54, 1.807) is 21.9 Å². The first-order valence-electron chi connectivity index (χ1n) is 8.77. The molecule has 0 aliphatic carbocycles. The van der Waals surface area contributed by atoms with Gasteiger partial charge in [-0.05, 0) is 36.2 Å². The molecule has 1 fully saturated rings. The Bertz CT molecular complexity index is 784. The predicted molar refractivity (Wildman–Crippen MR) is 98.7 cm³/mol. The molecular formula is C20H22FN3O2. The second-order valence-electron chi connectivity index (χ2n) is 6.24. The molecule has 1 aliphatic heterocycles. The highest BCUT2D eigenvalue weighted by Gasteiger charge is 2.25. The molecule has 0 aromatic heterocycles. The topological polar surface area (TPSA) is 52.7 Å². The number of urea groups is 1. The molecule has 0 saturated carbocycles. The van der Waals surface area contributed by atoms with Gasteiger partial charge < -0.3 is 15.1 Å². The number of halogens is 1. The van der Waals surface area contributed by atoms with Crippen molar-refractivity contribution >= 4 is 17.6 Å². The second kappa shape index (κ2) is 7.99. The molecule has 3 amide bonds. The van der Waals surface area contributed by atoms with Crippen LogP contribution in [0.4, 0.5) is 14.9 Å². The first-order valence-corrected chi connectivity index (χ1v) is 8.77. The van der Waals surface area contributed by atoms with Gasteiger partial charge in [0.2, 0.25) is 0 Å². The monoisotopic (exact) mass is 355 g/mol. The zero-order chi connectivity index (χ0) is 18.5. The molecule has 0 bridgehead atoms. The number of aryl methyl sites for hydroxylation is 1. The first-order chi connectivity index (χ1) is 12.6. The van der Waals surface area contributed by atoms with Crippen LogP contribution in [0, 0.1) is 5.82 Å². The summed E-state index contributed by atoms with van der Waals surface area (Å²) in [5.41, 5.74) is 2.01. The van der Waals surface area contributed by atoms with Crippen LogP contribution in [0.1, 0.15) is 22.8 Å². The van der Waals surface area contributed by atoms with E-state index in [0.29, 0.717) is 31.7 Å². The van der Waals surface area contributed by atoms with Gasteiger partial charge in [0.25, 0.3) is 5.91 Å². The van der Waals surface area contributed by atoms with Crippen LogP contribution < -0.4 is 5.32 Å². The molecule has 26 heavy (non-hydrogen) atoms. The summed E-state index contributed by atoms with van der Waals surface area (Å²) >= 11 is 0. The van der Waals surface area contributed by atoms with Crippen LogP contribution in [0.2, 0.25) is 0 Å². The summed E-state index contributed by atoms with van der Waals surface area (Å²) in [5, 5.41) is 2.58. The number of anilines is 1. The number of rotatable bonds is 3. The van der Waals surface area contributed by atoms with Gasteiger partial charge in [-0.1, -0.05) is 31.2 Å². The van der Waals surface area contributed by atoms with Gasteiger partial charge in [-0.25, -0.2) is 9.18 Å². The van der Waals surface area contributed by atoms with Crippen LogP contribution in [0.15, 0.2) is 48.5 Å². The van der Waals surface area contributed by atoms with Gasteiger partial charge in [-0.2, -0.15) is 0 Å². The number of benzene rings is 2. The number of piperazine rings is 1. The third-order valence-corrected chi connectivity index (χ3v) is 4.58. The summed E-state index contributed by atoms with van der Waals surface area (Å²) in [6.07, 6.45) is 0.935. The number of hydrogen-bond acceptors (Lipinski definition) is 2. The average molecular weight is 355 g/mol. The quantitative estimate of drug-likeness (QED) is 0.918. The van der Waals surface area contributed by atoms with Crippen LogP contribution in [-0.4, -0.2) is 47.9 Å². The molecule has 1 N–H and O–H groups in total. The molecule has 2 aromatic carbocycles. The van der Waals surface area contributed by atoms with Crippen molar-refractivity contribution in [3.8, 4) is 0 Å². The van der Waals surface area contributed by atoms with Crippen molar-refractivity contribution in [1.29, 1.82) is 0 Å². The average Bonchev–Trinajstić information content (AvgIpc) is 2.69. The normalized spacial score (nSPS) is 14.2. The summed E-state index contributed by atoms with van der Waals surface area (Å²) in [7, 11) is 0. The molecule has 136 valence electrons. The lowest BCUT2D eigenvalue weighted by Gasteiger charge is -2.34. The minimum absolute atomic E-state index is 0.0261. The molecule has 1 aliphatic rings. The van der Waals surface area contributed by atoms with Crippen molar-refractivity contribution in [3.63, 3.8) is 0 Å². The van der Waals surface area contributed by atoms with Gasteiger partial charge in [0.1, 0.15) is 5.82 Å². The lowest BCUT2D eigenvalue weighted by atomic mass is 10.1. The largest absolute Gasteiger partial charge is 0.335 e. The molecule has 0 radical (unpaired) electrons. The Hall–Kier alpha value is -2.89. The number of nitrogens with one attached hydrogen (secondary N) is 1. The highest BCUT2D eigenvalue weighted by Crippen LogP contribution is 2.15. The van der Waals surface area contributed by atoms with Crippen LogP contribution in [0.5, 0.6) is 0 Å². The maximum absolute atomic E-state index is 13.6. The maximum Gasteiger partial charge on any atom is 0.322 e. The smallest absolute Gasteiger partial charge is 0.322 e. The fraction of sp³-hybridized carbons (Fsp3) is 0.300. The van der Waals surface area contributed by atoms with Crippen molar-refractivity contribution in [2.24, 2.45) is 0 Å². The number of para-hydroxylation sites is 1. The van der Waals surface area contributed by atoms with Crippen molar-refractivity contribution in [3.05, 3.63) is 65.5 Å². The Morgan fingerprint density at radius 1 is 0.962 bits per heavy atom. The Morgan fingerprint density at radius 2 is 1.58 bits per heavy atom. The summed E-state index contributed by atoms with van der Waals surface area (Å²) in [6, 6.07) is 13.3. The third-order valence-electron chi connectivity index (χ3n) is 4.58. The van der Waals surface area contributed by atoms with Crippen molar-refractivity contribution < 1.29 is 14.0 Å². The van der Waals surface area contributed by atoms with Crippen LogP contribution in [0.3, 0.4) is 0 Å². The van der Waals surface area contributed by atoms with Crippen LogP contribution in [0.25, 0.3) is 0 Å². The highest BCUT2D eigenvalue weighted by atomic mass is 19.1. The summed E-state index contributed by atoms with van der Waals surface area (Å²) in [6.45, 7) is 3.82. The SMILES string of the molecule is CCc1ccc(C(=O)N2CCN(C(=O)Nc3ccccc3F)CC2)cc1. The Balaban J connectivity index is 1.55. The van der Waals surface area contributed by atoms with E-state index in [4.69, 9.17) is 0 Å². The second-order valence-corrected chi connectivity index (χ2v) is 6.24. The molecule has 6 heteroatoms. The van der Waals surface area contributed by atoms with E-state index >= 15 is 0 Å². The van der Waals surface area contributed by atoms with Crippen LogP contribution in [-0.2, 0) is 6.42 Å². The van der Waals surface area contributed by atoms with E-state index in [1.165, 1.54) is 17.7 Å². The number of nitrogens with zero attached hydrogens (tertiary/aromatic N) is 2. The van der Waals surface area contributed by atoms with Crippen molar-refractivity contribution in [2.45, 2.75) is 13.3 Å². The standard InChI is InChI=1S/C20H22FN3O2/c1-2-15-7-9-16(10-8-15)19(25)23-11-13-24(14-12-23)20(26)22-18-6-4-3-5-17(18)21/h3-10H,2,11-14H2,1H3,(H,22,26). The van der Waals surface area contributed by atoms with Crippen LogP contribution >= 0.6 is 0 Å². The Labute approximate surface area is 152 Å². The predicted octanol–water partition coefficient (Wildman–Crippen LogP) is 3.38. The molecule has 1 heterocycles. The molecular weight excluding hydrogens is 333 g/mol. The lowest BCUT2D eigenvalue weighted by molar-refractivity contribution is 0.0671. The van der Waals surface area contributed by atoms with Gasteiger partial charge >= 0.3 is 6.03 Å². The van der Waals surface area contributed by atoms with Crippen molar-refractivity contribution in [1.82, 2.24) is 9.80 Å². The number of amides is 3. The number of carbonyl (C=O) groups is 2. The first kappa shape index (κ1) is 17.9. The Morgan fingerprint density at radius 3 is 2.19 bits per heavy atom. The number of carbonyl (C=O) groups excluding carboxylic acids is 2.